The third-order valence-corrected chi connectivity index (χ3v) is 12.2. The largest absolute Gasteiger partial charge is 0.472 e. The first-order valence-corrected chi connectivity index (χ1v) is 27.2. The maximum atomic E-state index is 12.9. The lowest BCUT2D eigenvalue weighted by Crippen LogP contribution is -2.45. The molecular weight excluding hydrogens is 792 g/mol. The number of carbonyl (C=O) groups excluding carboxylic acids is 1. The van der Waals surface area contributed by atoms with Gasteiger partial charge in [-0.05, 0) is 70.6 Å². The smallest absolute Gasteiger partial charge is 0.387 e. The van der Waals surface area contributed by atoms with Gasteiger partial charge in [-0.1, -0.05) is 203 Å². The Morgan fingerprint density at radius 3 is 1.47 bits per heavy atom. The van der Waals surface area contributed by atoms with Gasteiger partial charge in [0.05, 0.1) is 39.9 Å². The average molecular weight is 892 g/mol. The molecule has 3 N–H and O–H groups in total. The number of aliphatic hydroxyl groups is 1. The summed E-state index contributed by atoms with van der Waals surface area (Å²) in [6, 6.07) is -0.871. The zero-order valence-corrected chi connectivity index (χ0v) is 42.0. The van der Waals surface area contributed by atoms with E-state index in [-0.39, 0.29) is 19.1 Å². The number of aliphatic hydroxyl groups excluding tert-OH is 1. The Kier molecular flexibility index (Phi) is 43.1. The number of allylic oxidation sites excluding steroid dienone is 9. The summed E-state index contributed by atoms with van der Waals surface area (Å²) in [4.78, 5) is 23.2. The molecule has 8 nitrogen and oxygen atoms in total. The van der Waals surface area contributed by atoms with Crippen LogP contribution in [-0.4, -0.2) is 73.4 Å². The Bertz CT molecular complexity index is 1190. The first-order valence-electron chi connectivity index (χ1n) is 25.7. The van der Waals surface area contributed by atoms with E-state index in [1.54, 1.807) is 6.08 Å². The van der Waals surface area contributed by atoms with Gasteiger partial charge in [0, 0.05) is 6.42 Å². The van der Waals surface area contributed by atoms with Crippen LogP contribution in [0.25, 0.3) is 0 Å². The van der Waals surface area contributed by atoms with E-state index in [9.17, 15) is 19.4 Å². The molecule has 0 heterocycles. The maximum absolute atomic E-state index is 12.9. The molecule has 0 bridgehead atoms. The molecular formula is C53H100N2O6P+. The van der Waals surface area contributed by atoms with Crippen LogP contribution in [0.15, 0.2) is 60.8 Å². The van der Waals surface area contributed by atoms with E-state index in [1.807, 2.05) is 27.2 Å². The van der Waals surface area contributed by atoms with Crippen molar-refractivity contribution in [2.75, 3.05) is 40.9 Å². The summed E-state index contributed by atoms with van der Waals surface area (Å²) < 4.78 is 23.6. The molecule has 0 saturated heterocycles. The summed E-state index contributed by atoms with van der Waals surface area (Å²) in [5.41, 5.74) is 0. The van der Waals surface area contributed by atoms with Crippen molar-refractivity contribution < 1.29 is 32.9 Å². The minimum absolute atomic E-state index is 0.0522. The lowest BCUT2D eigenvalue weighted by molar-refractivity contribution is -0.870. The van der Waals surface area contributed by atoms with Crippen molar-refractivity contribution in [3.63, 3.8) is 0 Å². The second-order valence-corrected chi connectivity index (χ2v) is 19.9. The van der Waals surface area contributed by atoms with Crippen LogP contribution in [0.3, 0.4) is 0 Å². The van der Waals surface area contributed by atoms with Gasteiger partial charge < -0.3 is 19.8 Å². The van der Waals surface area contributed by atoms with Crippen LogP contribution in [0.1, 0.15) is 219 Å². The van der Waals surface area contributed by atoms with Crippen molar-refractivity contribution in [3.8, 4) is 0 Å². The highest BCUT2D eigenvalue weighted by atomic mass is 31.2. The highest BCUT2D eigenvalue weighted by molar-refractivity contribution is 7.47. The van der Waals surface area contributed by atoms with Gasteiger partial charge in [-0.15, -0.1) is 0 Å². The minimum Gasteiger partial charge on any atom is -0.387 e. The van der Waals surface area contributed by atoms with E-state index in [2.05, 4.69) is 67.8 Å². The molecule has 0 radical (unpaired) electrons. The molecule has 0 spiro atoms. The number of nitrogens with one attached hydrogen (secondary N) is 1. The van der Waals surface area contributed by atoms with Crippen LogP contribution in [0.5, 0.6) is 0 Å². The summed E-state index contributed by atoms with van der Waals surface area (Å²) in [5.74, 6) is -0.192. The van der Waals surface area contributed by atoms with Crippen LogP contribution < -0.4 is 5.32 Å². The number of hydrogen-bond donors (Lipinski definition) is 3. The molecule has 362 valence electrons. The minimum atomic E-state index is -4.36. The lowest BCUT2D eigenvalue weighted by Gasteiger charge is -2.25. The number of quaternary nitrogens is 1. The predicted molar refractivity (Wildman–Crippen MR) is 267 cm³/mol. The molecule has 62 heavy (non-hydrogen) atoms. The third-order valence-electron chi connectivity index (χ3n) is 11.2. The Morgan fingerprint density at radius 2 is 0.984 bits per heavy atom. The Balaban J connectivity index is 4.36. The summed E-state index contributed by atoms with van der Waals surface area (Å²) >= 11 is 0. The monoisotopic (exact) mass is 892 g/mol. The summed E-state index contributed by atoms with van der Waals surface area (Å²) in [7, 11) is 1.54. The highest BCUT2D eigenvalue weighted by Gasteiger charge is 2.27. The van der Waals surface area contributed by atoms with Gasteiger partial charge in [-0.2, -0.15) is 0 Å². The molecule has 9 heteroatoms. The van der Waals surface area contributed by atoms with Gasteiger partial charge in [-0.25, -0.2) is 4.57 Å². The Labute approximate surface area is 383 Å². The van der Waals surface area contributed by atoms with E-state index < -0.39 is 20.0 Å². The second kappa shape index (κ2) is 44.4. The fourth-order valence-corrected chi connectivity index (χ4v) is 7.91. The van der Waals surface area contributed by atoms with Crippen LogP contribution in [0.2, 0.25) is 0 Å². The second-order valence-electron chi connectivity index (χ2n) is 18.5. The molecule has 0 aliphatic carbocycles. The van der Waals surface area contributed by atoms with Gasteiger partial charge in [0.25, 0.3) is 0 Å². The maximum Gasteiger partial charge on any atom is 0.472 e. The van der Waals surface area contributed by atoms with Crippen molar-refractivity contribution >= 4 is 13.7 Å². The van der Waals surface area contributed by atoms with E-state index in [4.69, 9.17) is 9.05 Å². The number of unbranched alkanes of at least 4 members (excludes halogenated alkanes) is 25. The van der Waals surface area contributed by atoms with Crippen LogP contribution in [0.4, 0.5) is 0 Å². The molecule has 0 rings (SSSR count). The van der Waals surface area contributed by atoms with Gasteiger partial charge >= 0.3 is 7.82 Å². The topological polar surface area (TPSA) is 105 Å². The SMILES string of the molecule is CC/C=C\C/C=C\CCCCCCCCCCCCCCCCC(=O)NC(COP(=O)(O)OCC[N+](C)(C)C)C(O)/C=C/CC/C=C/CC/C=C/CCCCCCCCCCC. The number of carbonyl (C=O) groups is 1. The third kappa shape index (κ3) is 46.2. The van der Waals surface area contributed by atoms with Gasteiger partial charge in [-0.3, -0.25) is 13.8 Å². The van der Waals surface area contributed by atoms with Crippen LogP contribution in [-0.2, 0) is 18.4 Å². The zero-order chi connectivity index (χ0) is 45.7. The van der Waals surface area contributed by atoms with Crippen molar-refractivity contribution in [1.29, 1.82) is 0 Å². The zero-order valence-electron chi connectivity index (χ0n) is 41.1. The number of nitrogens with zero attached hydrogens (tertiary/aromatic N) is 1. The molecule has 1 amide bonds. The lowest BCUT2D eigenvalue weighted by atomic mass is 10.0. The molecule has 0 saturated carbocycles. The van der Waals surface area contributed by atoms with Crippen molar-refractivity contribution in [2.24, 2.45) is 0 Å². The highest BCUT2D eigenvalue weighted by Crippen LogP contribution is 2.43. The summed E-state index contributed by atoms with van der Waals surface area (Å²) in [6.45, 7) is 4.69. The fraction of sp³-hybridized carbons (Fsp3) is 0.792. The number of amides is 1. The Morgan fingerprint density at radius 1 is 0.565 bits per heavy atom. The molecule has 0 aromatic rings. The molecule has 0 aromatic heterocycles. The number of phosphoric ester groups is 1. The van der Waals surface area contributed by atoms with Crippen LogP contribution in [0, 0.1) is 0 Å². The number of rotatable bonds is 46. The van der Waals surface area contributed by atoms with Crippen molar-refractivity contribution in [2.45, 2.75) is 231 Å². The standard InChI is InChI=1S/C53H99N2O6P/c1-6-8-10-12-14-16-18-20-22-24-26-27-29-31-33-35-37-39-41-43-45-47-53(57)54-51(50-61-62(58,59)60-49-48-55(3,4)5)52(56)46-44-42-40-38-36-34-32-30-28-25-23-21-19-17-15-13-11-9-7-2/h8,10,14,16,28,30,36,38,44,46,51-52,56H,6-7,9,11-13,15,17-27,29,31-35,37,39-43,45,47-50H2,1-5H3,(H-,54,57,58,59)/p+1/b10-8-,16-14-,30-28+,38-36+,46-44+. The normalized spacial score (nSPS) is 14.6. The van der Waals surface area contributed by atoms with E-state index in [0.717, 1.165) is 57.8 Å². The number of phosphoric acid groups is 1. The van der Waals surface area contributed by atoms with Gasteiger partial charge in [0.1, 0.15) is 13.2 Å². The molecule has 0 fully saturated rings. The van der Waals surface area contributed by atoms with Gasteiger partial charge in [0.2, 0.25) is 5.91 Å². The predicted octanol–water partition coefficient (Wildman–Crippen LogP) is 15.0. The number of likely N-dealkylation sites (N-methyl/N-ethyl adjacent to an activating group) is 1. The van der Waals surface area contributed by atoms with E-state index in [1.165, 1.54) is 141 Å². The summed E-state index contributed by atoms with van der Waals surface area (Å²) in [6.07, 6.45) is 58.8. The first-order chi connectivity index (χ1) is 30.0. The fourth-order valence-electron chi connectivity index (χ4n) is 7.17. The first kappa shape index (κ1) is 60.2. The van der Waals surface area contributed by atoms with Gasteiger partial charge in [0.15, 0.2) is 0 Å². The molecule has 0 aliphatic rings. The van der Waals surface area contributed by atoms with E-state index in [0.29, 0.717) is 17.4 Å². The average Bonchev–Trinajstić information content (AvgIpc) is 3.23. The summed E-state index contributed by atoms with van der Waals surface area (Å²) in [5, 5.41) is 13.9. The Hall–Kier alpha value is -1.80. The number of hydrogen-bond acceptors (Lipinski definition) is 5. The molecule has 0 aliphatic heterocycles. The van der Waals surface area contributed by atoms with E-state index >= 15 is 0 Å². The molecule has 0 aromatic carbocycles. The quantitative estimate of drug-likeness (QED) is 0.0243. The van der Waals surface area contributed by atoms with Crippen molar-refractivity contribution in [1.82, 2.24) is 5.32 Å². The van der Waals surface area contributed by atoms with Crippen molar-refractivity contribution in [3.05, 3.63) is 60.8 Å². The molecule has 3 unspecified atom stereocenters. The molecule has 3 atom stereocenters. The van der Waals surface area contributed by atoms with Crippen LogP contribution >= 0.6 is 7.82 Å².